The van der Waals surface area contributed by atoms with Crippen LogP contribution in [0, 0.1) is 0 Å². The minimum atomic E-state index is -0.581. The molecule has 7 nitrogen and oxygen atoms in total. The predicted molar refractivity (Wildman–Crippen MR) is 105 cm³/mol. The van der Waals surface area contributed by atoms with E-state index in [1.165, 1.54) is 25.6 Å². The summed E-state index contributed by atoms with van der Waals surface area (Å²) in [7, 11) is 1.55. The zero-order valence-corrected chi connectivity index (χ0v) is 16.6. The van der Waals surface area contributed by atoms with Crippen LogP contribution in [0.3, 0.4) is 0 Å². The Balaban J connectivity index is 2.09. The number of methoxy groups -OCH3 is 1. The molecule has 0 amide bonds. The predicted octanol–water partition coefficient (Wildman–Crippen LogP) is 3.34. The second-order valence-corrected chi connectivity index (χ2v) is 6.75. The molecular weight excluding hydrogens is 382 g/mol. The van der Waals surface area contributed by atoms with E-state index in [2.05, 4.69) is 9.99 Å². The molecule has 0 aliphatic rings. The first-order chi connectivity index (χ1) is 13.4. The highest BCUT2D eigenvalue weighted by Crippen LogP contribution is 2.35. The third-order valence-corrected chi connectivity index (χ3v) is 4.47. The van der Waals surface area contributed by atoms with E-state index >= 15 is 0 Å². The molecule has 0 heterocycles. The molecule has 0 spiro atoms. The number of rotatable bonds is 9. The molecule has 8 heteroatoms. The van der Waals surface area contributed by atoms with Gasteiger partial charge in [0.1, 0.15) is 12.3 Å². The number of oxime groups is 1. The van der Waals surface area contributed by atoms with Crippen LogP contribution in [0.25, 0.3) is 0 Å². The van der Waals surface area contributed by atoms with Gasteiger partial charge in [0.05, 0.1) is 13.7 Å². The first-order valence-electron chi connectivity index (χ1n) is 8.41. The third kappa shape index (κ3) is 6.11. The number of ether oxygens (including phenoxy) is 2. The van der Waals surface area contributed by atoms with Crippen molar-refractivity contribution in [1.29, 1.82) is 0 Å². The molecule has 0 saturated carbocycles. The van der Waals surface area contributed by atoms with E-state index in [4.69, 9.17) is 14.6 Å². The molecule has 0 aliphatic heterocycles. The summed E-state index contributed by atoms with van der Waals surface area (Å²) in [6.07, 6.45) is 0. The van der Waals surface area contributed by atoms with Crippen LogP contribution >= 0.6 is 11.8 Å². The van der Waals surface area contributed by atoms with Crippen LogP contribution in [-0.4, -0.2) is 42.9 Å². The van der Waals surface area contributed by atoms with Crippen molar-refractivity contribution >= 4 is 29.2 Å². The van der Waals surface area contributed by atoms with Crippen LogP contribution in [0.4, 0.5) is 0 Å². The molecule has 28 heavy (non-hydrogen) atoms. The van der Waals surface area contributed by atoms with E-state index in [0.29, 0.717) is 17.1 Å². The first kappa shape index (κ1) is 21.5. The lowest BCUT2D eigenvalue weighted by molar-refractivity contribution is -0.140. The SMILES string of the molecule is COc1cc(Sc2ccc(C(=O)C(C)=NOC(C)=O)cc2)ccc1OCCO. The van der Waals surface area contributed by atoms with Gasteiger partial charge in [-0.05, 0) is 49.4 Å². The van der Waals surface area contributed by atoms with Gasteiger partial charge in [-0.2, -0.15) is 0 Å². The molecule has 0 bridgehead atoms. The Morgan fingerprint density at radius 3 is 2.32 bits per heavy atom. The Kier molecular flexibility index (Phi) is 8.03. The Morgan fingerprint density at radius 1 is 1.04 bits per heavy atom. The normalized spacial score (nSPS) is 11.1. The van der Waals surface area contributed by atoms with E-state index < -0.39 is 5.97 Å². The molecule has 2 rings (SSSR count). The highest BCUT2D eigenvalue weighted by atomic mass is 32.2. The van der Waals surface area contributed by atoms with Gasteiger partial charge in [0.15, 0.2) is 11.5 Å². The zero-order valence-electron chi connectivity index (χ0n) is 15.8. The molecule has 0 unspecified atom stereocenters. The molecule has 1 N–H and O–H groups in total. The molecular formula is C20H21NO6S. The third-order valence-electron chi connectivity index (χ3n) is 3.48. The number of aliphatic hydroxyl groups excluding tert-OH is 1. The van der Waals surface area contributed by atoms with E-state index in [1.54, 1.807) is 25.3 Å². The monoisotopic (exact) mass is 403 g/mol. The van der Waals surface area contributed by atoms with Crippen molar-refractivity contribution in [2.45, 2.75) is 23.6 Å². The van der Waals surface area contributed by atoms with Crippen molar-refractivity contribution in [2.24, 2.45) is 5.16 Å². The van der Waals surface area contributed by atoms with E-state index in [0.717, 1.165) is 9.79 Å². The fraction of sp³-hybridized carbons (Fsp3) is 0.250. The molecule has 0 saturated heterocycles. The number of hydrogen-bond acceptors (Lipinski definition) is 8. The highest BCUT2D eigenvalue weighted by Gasteiger charge is 2.12. The molecule has 0 aliphatic carbocycles. The Morgan fingerprint density at radius 2 is 1.71 bits per heavy atom. The number of ketones is 1. The number of Topliss-reactive ketones (excluding diaryl/α,β-unsaturated/α-hetero) is 1. The molecule has 2 aromatic carbocycles. The van der Waals surface area contributed by atoms with Gasteiger partial charge in [-0.1, -0.05) is 16.9 Å². The Hall–Kier alpha value is -2.84. The Labute approximate surface area is 167 Å². The average molecular weight is 403 g/mol. The van der Waals surface area contributed by atoms with Gasteiger partial charge in [-0.15, -0.1) is 0 Å². The van der Waals surface area contributed by atoms with Gasteiger partial charge < -0.3 is 19.4 Å². The van der Waals surface area contributed by atoms with E-state index in [9.17, 15) is 9.59 Å². The van der Waals surface area contributed by atoms with Gasteiger partial charge in [-0.3, -0.25) is 4.79 Å². The summed E-state index contributed by atoms with van der Waals surface area (Å²) in [5.41, 5.74) is 0.543. The molecule has 0 aromatic heterocycles. The minimum absolute atomic E-state index is 0.0736. The lowest BCUT2D eigenvalue weighted by Crippen LogP contribution is -2.11. The topological polar surface area (TPSA) is 94.4 Å². The number of benzene rings is 2. The van der Waals surface area contributed by atoms with Gasteiger partial charge in [0.25, 0.3) is 0 Å². The fourth-order valence-electron chi connectivity index (χ4n) is 2.18. The number of carbonyl (C=O) groups excluding carboxylic acids is 2. The van der Waals surface area contributed by atoms with Crippen molar-refractivity contribution in [3.8, 4) is 11.5 Å². The summed E-state index contributed by atoms with van der Waals surface area (Å²) in [6, 6.07) is 12.5. The summed E-state index contributed by atoms with van der Waals surface area (Å²) < 4.78 is 10.7. The number of nitrogens with zero attached hydrogens (tertiary/aromatic N) is 1. The number of aliphatic hydroxyl groups is 1. The lowest BCUT2D eigenvalue weighted by atomic mass is 10.1. The van der Waals surface area contributed by atoms with E-state index in [-0.39, 0.29) is 24.7 Å². The molecule has 0 fully saturated rings. The van der Waals surface area contributed by atoms with Crippen LogP contribution in [-0.2, 0) is 9.63 Å². The van der Waals surface area contributed by atoms with Crippen LogP contribution in [0.1, 0.15) is 24.2 Å². The maximum Gasteiger partial charge on any atom is 0.331 e. The van der Waals surface area contributed by atoms with Crippen LogP contribution in [0.2, 0.25) is 0 Å². The van der Waals surface area contributed by atoms with Crippen molar-refractivity contribution in [3.05, 3.63) is 48.0 Å². The first-order valence-corrected chi connectivity index (χ1v) is 9.22. The van der Waals surface area contributed by atoms with Gasteiger partial charge in [-0.25, -0.2) is 4.79 Å². The van der Waals surface area contributed by atoms with Crippen LogP contribution < -0.4 is 9.47 Å². The van der Waals surface area contributed by atoms with Crippen molar-refractivity contribution in [1.82, 2.24) is 0 Å². The van der Waals surface area contributed by atoms with Crippen LogP contribution in [0.15, 0.2) is 57.4 Å². The fourth-order valence-corrected chi connectivity index (χ4v) is 3.03. The van der Waals surface area contributed by atoms with Gasteiger partial charge >= 0.3 is 5.97 Å². The van der Waals surface area contributed by atoms with Crippen molar-refractivity contribution in [3.63, 3.8) is 0 Å². The zero-order chi connectivity index (χ0) is 20.5. The molecule has 148 valence electrons. The van der Waals surface area contributed by atoms with Crippen molar-refractivity contribution in [2.75, 3.05) is 20.3 Å². The van der Waals surface area contributed by atoms with Gasteiger partial charge in [0.2, 0.25) is 5.78 Å². The summed E-state index contributed by atoms with van der Waals surface area (Å²) in [4.78, 5) is 29.4. The second-order valence-electron chi connectivity index (χ2n) is 5.60. The molecule has 2 aromatic rings. The lowest BCUT2D eigenvalue weighted by Gasteiger charge is -2.11. The number of hydrogen-bond donors (Lipinski definition) is 1. The number of carbonyl (C=O) groups is 2. The highest BCUT2D eigenvalue weighted by molar-refractivity contribution is 7.99. The second kappa shape index (κ2) is 10.5. The minimum Gasteiger partial charge on any atom is -0.493 e. The van der Waals surface area contributed by atoms with Crippen LogP contribution in [0.5, 0.6) is 11.5 Å². The summed E-state index contributed by atoms with van der Waals surface area (Å²) in [6.45, 7) is 2.82. The quantitative estimate of drug-likeness (QED) is 0.297. The average Bonchev–Trinajstić information content (AvgIpc) is 2.70. The molecule has 0 atom stereocenters. The Bertz CT molecular complexity index is 863. The van der Waals surface area contributed by atoms with E-state index in [1.807, 2.05) is 24.3 Å². The van der Waals surface area contributed by atoms with Gasteiger partial charge in [0, 0.05) is 22.3 Å². The smallest absolute Gasteiger partial charge is 0.331 e. The largest absolute Gasteiger partial charge is 0.493 e. The maximum atomic E-state index is 12.3. The summed E-state index contributed by atoms with van der Waals surface area (Å²) in [5, 5.41) is 12.4. The summed E-state index contributed by atoms with van der Waals surface area (Å²) >= 11 is 1.50. The maximum absolute atomic E-state index is 12.3. The van der Waals surface area contributed by atoms with Crippen molar-refractivity contribution < 1.29 is 29.0 Å². The standard InChI is InChI=1S/C20H21NO6S/c1-13(21-27-14(2)23)20(24)15-4-6-16(7-5-15)28-17-8-9-18(26-11-10-22)19(12-17)25-3/h4-9,12,22H,10-11H2,1-3H3. The molecule has 0 radical (unpaired) electrons. The summed E-state index contributed by atoms with van der Waals surface area (Å²) in [5.74, 6) is 0.235.